The fraction of sp³-hybridized carbons (Fsp3) is 0.643. The number of aryl methyl sites for hydroxylation is 2. The number of hydrogen-bond acceptors (Lipinski definition) is 4. The molecule has 0 aromatic carbocycles. The summed E-state index contributed by atoms with van der Waals surface area (Å²) >= 11 is 1.78. The van der Waals surface area contributed by atoms with E-state index in [1.807, 2.05) is 11.3 Å². The zero-order valence-corrected chi connectivity index (χ0v) is 12.8. The molecule has 2 rings (SSSR count). The molecule has 104 valence electrons. The Bertz CT molecular complexity index is 535. The van der Waals surface area contributed by atoms with Crippen molar-refractivity contribution >= 4 is 17.5 Å². The number of hydrogen-bond donors (Lipinski definition) is 0. The monoisotopic (exact) mass is 278 g/mol. The smallest absolute Gasteiger partial charge is 0.256 e. The van der Waals surface area contributed by atoms with Gasteiger partial charge in [0.2, 0.25) is 0 Å². The third-order valence-electron chi connectivity index (χ3n) is 3.14. The third-order valence-corrected chi connectivity index (χ3v) is 4.16. The molecule has 4 nitrogen and oxygen atoms in total. The highest BCUT2D eigenvalue weighted by Crippen LogP contribution is 2.20. The molecule has 2 aromatic rings. The summed E-state index contributed by atoms with van der Waals surface area (Å²) in [6.45, 7) is 6.31. The second-order valence-corrected chi connectivity index (χ2v) is 5.98. The number of aromatic nitrogens is 4. The van der Waals surface area contributed by atoms with Gasteiger partial charge in [-0.05, 0) is 26.3 Å². The van der Waals surface area contributed by atoms with Gasteiger partial charge < -0.3 is 0 Å². The molecule has 19 heavy (non-hydrogen) atoms. The van der Waals surface area contributed by atoms with Crippen LogP contribution in [0.1, 0.15) is 50.4 Å². The molecule has 0 aliphatic heterocycles. The maximum absolute atomic E-state index is 4.40. The molecule has 5 heteroatoms. The summed E-state index contributed by atoms with van der Waals surface area (Å²) in [7, 11) is 0. The minimum absolute atomic E-state index is 0.714. The Labute approximate surface area is 119 Å². The molecule has 0 saturated heterocycles. The lowest BCUT2D eigenvalue weighted by Crippen LogP contribution is -1.98. The second-order valence-electron chi connectivity index (χ2n) is 4.92. The summed E-state index contributed by atoms with van der Waals surface area (Å²) < 4.78 is 2.05. The average molecular weight is 278 g/mol. The minimum atomic E-state index is 0.714. The zero-order chi connectivity index (χ0) is 13.7. The van der Waals surface area contributed by atoms with E-state index in [0.717, 1.165) is 22.3 Å². The van der Waals surface area contributed by atoms with E-state index in [2.05, 4.69) is 35.1 Å². The van der Waals surface area contributed by atoms with Gasteiger partial charge in [0.1, 0.15) is 0 Å². The van der Waals surface area contributed by atoms with Crippen molar-refractivity contribution in [1.29, 1.82) is 0 Å². The van der Waals surface area contributed by atoms with Gasteiger partial charge >= 0.3 is 0 Å². The van der Waals surface area contributed by atoms with Gasteiger partial charge in [0.15, 0.2) is 5.16 Å². The molecule has 0 aliphatic carbocycles. The first-order valence-electron chi connectivity index (χ1n) is 7.04. The van der Waals surface area contributed by atoms with Crippen LogP contribution in [0.5, 0.6) is 0 Å². The third kappa shape index (κ3) is 3.69. The summed E-state index contributed by atoms with van der Waals surface area (Å²) in [5.41, 5.74) is 2.15. The minimum Gasteiger partial charge on any atom is -0.259 e. The van der Waals surface area contributed by atoms with E-state index < -0.39 is 0 Å². The highest BCUT2D eigenvalue weighted by Gasteiger charge is 2.09. The van der Waals surface area contributed by atoms with Gasteiger partial charge in [-0.1, -0.05) is 44.4 Å². The van der Waals surface area contributed by atoms with E-state index in [1.165, 1.54) is 32.1 Å². The molecule has 2 aromatic heterocycles. The van der Waals surface area contributed by atoms with Crippen LogP contribution in [0.3, 0.4) is 0 Å². The summed E-state index contributed by atoms with van der Waals surface area (Å²) in [4.78, 5) is 4.40. The Morgan fingerprint density at radius 3 is 2.68 bits per heavy atom. The molecular weight excluding hydrogens is 256 g/mol. The van der Waals surface area contributed by atoms with Crippen molar-refractivity contribution in [2.45, 2.75) is 58.0 Å². The van der Waals surface area contributed by atoms with Crippen LogP contribution in [0.25, 0.3) is 5.78 Å². The predicted molar refractivity (Wildman–Crippen MR) is 79.7 cm³/mol. The SMILES string of the molecule is CCCCCCCSc1nnc2nc(C)cc(C)n12. The molecule has 0 saturated carbocycles. The van der Waals surface area contributed by atoms with E-state index in [9.17, 15) is 0 Å². The molecule has 2 heterocycles. The molecule has 0 bridgehead atoms. The zero-order valence-electron chi connectivity index (χ0n) is 12.0. The van der Waals surface area contributed by atoms with Gasteiger partial charge in [-0.2, -0.15) is 0 Å². The molecule has 0 fully saturated rings. The maximum atomic E-state index is 4.40. The first kappa shape index (κ1) is 14.3. The van der Waals surface area contributed by atoms with Gasteiger partial charge in [0, 0.05) is 17.1 Å². The lowest BCUT2D eigenvalue weighted by molar-refractivity contribution is 0.659. The van der Waals surface area contributed by atoms with Crippen molar-refractivity contribution in [2.24, 2.45) is 0 Å². The topological polar surface area (TPSA) is 43.1 Å². The summed E-state index contributed by atoms with van der Waals surface area (Å²) in [5, 5.41) is 9.36. The van der Waals surface area contributed by atoms with Crippen molar-refractivity contribution in [1.82, 2.24) is 19.6 Å². The van der Waals surface area contributed by atoms with Crippen LogP contribution in [0.4, 0.5) is 0 Å². The van der Waals surface area contributed by atoms with Crippen molar-refractivity contribution in [2.75, 3.05) is 5.75 Å². The molecule has 0 radical (unpaired) electrons. The van der Waals surface area contributed by atoms with E-state index in [4.69, 9.17) is 0 Å². The number of nitrogens with zero attached hydrogens (tertiary/aromatic N) is 4. The largest absolute Gasteiger partial charge is 0.259 e. The van der Waals surface area contributed by atoms with Crippen molar-refractivity contribution in [3.05, 3.63) is 17.5 Å². The molecule has 0 spiro atoms. The van der Waals surface area contributed by atoms with Crippen LogP contribution in [-0.2, 0) is 0 Å². The fourth-order valence-corrected chi connectivity index (χ4v) is 3.15. The standard InChI is InChI=1S/C14H22N4S/c1-4-5-6-7-8-9-19-14-17-16-13-15-11(2)10-12(3)18(13)14/h10H,4-9H2,1-3H3. The first-order chi connectivity index (χ1) is 9.22. The molecule has 0 atom stereocenters. The first-order valence-corrected chi connectivity index (χ1v) is 8.03. The number of rotatable bonds is 7. The van der Waals surface area contributed by atoms with Crippen LogP contribution in [0.15, 0.2) is 11.2 Å². The van der Waals surface area contributed by atoms with Crippen molar-refractivity contribution in [3.63, 3.8) is 0 Å². The van der Waals surface area contributed by atoms with Gasteiger partial charge in [-0.15, -0.1) is 10.2 Å². The van der Waals surface area contributed by atoms with Crippen LogP contribution >= 0.6 is 11.8 Å². The number of thioether (sulfide) groups is 1. The van der Waals surface area contributed by atoms with Gasteiger partial charge in [0.25, 0.3) is 5.78 Å². The second kappa shape index (κ2) is 6.89. The Balaban J connectivity index is 1.94. The Kier molecular flexibility index (Phi) is 5.19. The molecule has 0 amide bonds. The summed E-state index contributed by atoms with van der Waals surface area (Å²) in [6, 6.07) is 2.07. The quantitative estimate of drug-likeness (QED) is 0.570. The molecular formula is C14H22N4S. The van der Waals surface area contributed by atoms with Gasteiger partial charge in [-0.3, -0.25) is 4.40 Å². The van der Waals surface area contributed by atoms with Crippen molar-refractivity contribution in [3.8, 4) is 0 Å². The Morgan fingerprint density at radius 1 is 1.11 bits per heavy atom. The average Bonchev–Trinajstić information content (AvgIpc) is 2.77. The number of fused-ring (bicyclic) bond motifs is 1. The van der Waals surface area contributed by atoms with Crippen LogP contribution in [0.2, 0.25) is 0 Å². The Hall–Kier alpha value is -1.10. The molecule has 0 aliphatic rings. The highest BCUT2D eigenvalue weighted by atomic mass is 32.2. The van der Waals surface area contributed by atoms with Gasteiger partial charge in [-0.25, -0.2) is 4.98 Å². The lowest BCUT2D eigenvalue weighted by Gasteiger charge is -2.04. The van der Waals surface area contributed by atoms with E-state index in [0.29, 0.717) is 5.78 Å². The summed E-state index contributed by atoms with van der Waals surface area (Å²) in [6.07, 6.45) is 6.55. The van der Waals surface area contributed by atoms with Crippen LogP contribution in [-0.4, -0.2) is 25.3 Å². The van der Waals surface area contributed by atoms with Crippen molar-refractivity contribution < 1.29 is 0 Å². The van der Waals surface area contributed by atoms with Gasteiger partial charge in [0.05, 0.1) is 0 Å². The maximum Gasteiger partial charge on any atom is 0.256 e. The van der Waals surface area contributed by atoms with E-state index >= 15 is 0 Å². The predicted octanol–water partition coefficient (Wildman–Crippen LogP) is 3.80. The highest BCUT2D eigenvalue weighted by molar-refractivity contribution is 7.99. The summed E-state index contributed by atoms with van der Waals surface area (Å²) in [5.74, 6) is 1.82. The van der Waals surface area contributed by atoms with Crippen LogP contribution in [0, 0.1) is 13.8 Å². The molecule has 0 unspecified atom stereocenters. The van der Waals surface area contributed by atoms with E-state index in [1.54, 1.807) is 11.8 Å². The lowest BCUT2D eigenvalue weighted by atomic mass is 10.2. The number of unbranched alkanes of at least 4 members (excludes halogenated alkanes) is 4. The van der Waals surface area contributed by atoms with E-state index in [-0.39, 0.29) is 0 Å². The molecule has 0 N–H and O–H groups in total. The normalized spacial score (nSPS) is 11.3. The fourth-order valence-electron chi connectivity index (χ4n) is 2.16. The van der Waals surface area contributed by atoms with Crippen LogP contribution < -0.4 is 0 Å². The Morgan fingerprint density at radius 2 is 1.89 bits per heavy atom.